The van der Waals surface area contributed by atoms with Gasteiger partial charge in [0.1, 0.15) is 5.75 Å². The van der Waals surface area contributed by atoms with E-state index < -0.39 is 0 Å². The molecule has 1 atom stereocenters. The zero-order chi connectivity index (χ0) is 14.2. The number of rotatable bonds is 3. The van der Waals surface area contributed by atoms with Crippen LogP contribution < -0.4 is 10.5 Å². The normalized spacial score (nSPS) is 21.6. The summed E-state index contributed by atoms with van der Waals surface area (Å²) in [5, 5.41) is 0. The Morgan fingerprint density at radius 2 is 2.20 bits per heavy atom. The SMILES string of the molecule is COc1ccc2c(c1)C(N)(Cc1ccc(Cl)s1)CCC2. The van der Waals surface area contributed by atoms with Gasteiger partial charge in [0.05, 0.1) is 11.4 Å². The highest BCUT2D eigenvalue weighted by atomic mass is 35.5. The van der Waals surface area contributed by atoms with Gasteiger partial charge in [-0.2, -0.15) is 0 Å². The zero-order valence-electron chi connectivity index (χ0n) is 11.5. The molecule has 0 amide bonds. The van der Waals surface area contributed by atoms with Gasteiger partial charge in [-0.25, -0.2) is 0 Å². The molecule has 1 aromatic carbocycles. The molecule has 0 aliphatic heterocycles. The van der Waals surface area contributed by atoms with Gasteiger partial charge >= 0.3 is 0 Å². The van der Waals surface area contributed by atoms with Gasteiger partial charge in [0.15, 0.2) is 0 Å². The minimum absolute atomic E-state index is 0.309. The third-order valence-electron chi connectivity index (χ3n) is 4.04. The molecule has 2 N–H and O–H groups in total. The monoisotopic (exact) mass is 307 g/mol. The number of benzene rings is 1. The van der Waals surface area contributed by atoms with Gasteiger partial charge in [0, 0.05) is 16.8 Å². The molecule has 20 heavy (non-hydrogen) atoms. The molecule has 2 nitrogen and oxygen atoms in total. The summed E-state index contributed by atoms with van der Waals surface area (Å²) < 4.78 is 6.18. The van der Waals surface area contributed by atoms with Crippen LogP contribution in [0.4, 0.5) is 0 Å². The van der Waals surface area contributed by atoms with E-state index >= 15 is 0 Å². The van der Waals surface area contributed by atoms with Gasteiger partial charge in [0.2, 0.25) is 0 Å². The fourth-order valence-electron chi connectivity index (χ4n) is 3.03. The van der Waals surface area contributed by atoms with Gasteiger partial charge in [-0.05, 0) is 54.7 Å². The van der Waals surface area contributed by atoms with Gasteiger partial charge in [-0.15, -0.1) is 11.3 Å². The lowest BCUT2D eigenvalue weighted by molar-refractivity contribution is 0.365. The number of hydrogen-bond acceptors (Lipinski definition) is 3. The quantitative estimate of drug-likeness (QED) is 0.925. The molecule has 0 saturated carbocycles. The minimum Gasteiger partial charge on any atom is -0.497 e. The summed E-state index contributed by atoms with van der Waals surface area (Å²) in [5.41, 5.74) is 9.01. The van der Waals surface area contributed by atoms with Crippen LogP contribution in [0, 0.1) is 0 Å². The summed E-state index contributed by atoms with van der Waals surface area (Å²) in [5.74, 6) is 0.879. The Morgan fingerprint density at radius 3 is 2.90 bits per heavy atom. The van der Waals surface area contributed by atoms with E-state index in [9.17, 15) is 0 Å². The van der Waals surface area contributed by atoms with E-state index in [1.54, 1.807) is 18.4 Å². The van der Waals surface area contributed by atoms with Crippen molar-refractivity contribution in [2.24, 2.45) is 5.73 Å². The van der Waals surface area contributed by atoms with Crippen molar-refractivity contribution in [3.05, 3.63) is 50.7 Å². The van der Waals surface area contributed by atoms with Crippen LogP contribution in [-0.2, 0) is 18.4 Å². The maximum absolute atomic E-state index is 6.74. The molecular weight excluding hydrogens is 290 g/mol. The number of thiophene rings is 1. The van der Waals surface area contributed by atoms with E-state index in [4.69, 9.17) is 22.1 Å². The second-order valence-electron chi connectivity index (χ2n) is 5.42. The predicted octanol–water partition coefficient (Wildman–Crippen LogP) is 4.14. The van der Waals surface area contributed by atoms with Crippen LogP contribution in [0.3, 0.4) is 0 Å². The third-order valence-corrected chi connectivity index (χ3v) is 5.27. The van der Waals surface area contributed by atoms with Crippen molar-refractivity contribution in [2.45, 2.75) is 31.2 Å². The molecule has 0 saturated heterocycles. The average molecular weight is 308 g/mol. The summed E-state index contributed by atoms with van der Waals surface area (Å²) in [6, 6.07) is 10.3. The molecule has 0 radical (unpaired) electrons. The van der Waals surface area contributed by atoms with Crippen LogP contribution in [0.2, 0.25) is 4.34 Å². The van der Waals surface area contributed by atoms with Crippen molar-refractivity contribution in [3.8, 4) is 5.75 Å². The first-order valence-electron chi connectivity index (χ1n) is 6.81. The Morgan fingerprint density at radius 1 is 1.35 bits per heavy atom. The molecule has 1 heterocycles. The fourth-order valence-corrected chi connectivity index (χ4v) is 4.25. The van der Waals surface area contributed by atoms with Gasteiger partial charge in [0.25, 0.3) is 0 Å². The summed E-state index contributed by atoms with van der Waals surface area (Å²) in [6.45, 7) is 0. The predicted molar refractivity (Wildman–Crippen MR) is 84.8 cm³/mol. The second-order valence-corrected chi connectivity index (χ2v) is 7.22. The van der Waals surface area contributed by atoms with E-state index in [1.807, 2.05) is 12.1 Å². The van der Waals surface area contributed by atoms with Crippen molar-refractivity contribution in [1.29, 1.82) is 0 Å². The topological polar surface area (TPSA) is 35.2 Å². The number of ether oxygens (including phenoxy) is 1. The first kappa shape index (κ1) is 13.9. The van der Waals surface area contributed by atoms with Crippen molar-refractivity contribution in [2.75, 3.05) is 7.11 Å². The van der Waals surface area contributed by atoms with Crippen LogP contribution in [0.5, 0.6) is 5.75 Å². The summed E-state index contributed by atoms with van der Waals surface area (Å²) in [6.07, 6.45) is 4.08. The number of fused-ring (bicyclic) bond motifs is 1. The molecule has 3 rings (SSSR count). The Bertz CT molecular complexity index is 625. The second kappa shape index (κ2) is 5.40. The highest BCUT2D eigenvalue weighted by molar-refractivity contribution is 7.16. The van der Waals surface area contributed by atoms with Crippen LogP contribution >= 0.6 is 22.9 Å². The number of methoxy groups -OCH3 is 1. The summed E-state index contributed by atoms with van der Waals surface area (Å²) >= 11 is 7.65. The number of aryl methyl sites for hydroxylation is 1. The highest BCUT2D eigenvalue weighted by Crippen LogP contribution is 2.39. The first-order chi connectivity index (χ1) is 9.60. The molecule has 106 valence electrons. The van der Waals surface area contributed by atoms with E-state index in [0.717, 1.165) is 35.8 Å². The van der Waals surface area contributed by atoms with E-state index in [1.165, 1.54) is 16.0 Å². The van der Waals surface area contributed by atoms with E-state index in [0.29, 0.717) is 0 Å². The molecule has 2 aromatic rings. The fraction of sp³-hybridized carbons (Fsp3) is 0.375. The van der Waals surface area contributed by atoms with Crippen molar-refractivity contribution in [3.63, 3.8) is 0 Å². The lowest BCUT2D eigenvalue weighted by atomic mass is 9.75. The van der Waals surface area contributed by atoms with Crippen molar-refractivity contribution >= 4 is 22.9 Å². The van der Waals surface area contributed by atoms with E-state index in [-0.39, 0.29) is 5.54 Å². The maximum Gasteiger partial charge on any atom is 0.119 e. The maximum atomic E-state index is 6.74. The molecule has 1 aromatic heterocycles. The van der Waals surface area contributed by atoms with Gasteiger partial charge < -0.3 is 10.5 Å². The van der Waals surface area contributed by atoms with Crippen molar-refractivity contribution in [1.82, 2.24) is 0 Å². The van der Waals surface area contributed by atoms with Crippen LogP contribution in [0.1, 0.15) is 28.8 Å². The molecular formula is C16H18ClNOS. The zero-order valence-corrected chi connectivity index (χ0v) is 13.1. The number of nitrogens with two attached hydrogens (primary N) is 1. The Hall–Kier alpha value is -1.03. The Kier molecular flexibility index (Phi) is 3.76. The summed E-state index contributed by atoms with van der Waals surface area (Å²) in [4.78, 5) is 1.24. The first-order valence-corrected chi connectivity index (χ1v) is 8.01. The lowest BCUT2D eigenvalue weighted by Crippen LogP contribution is -2.42. The van der Waals surface area contributed by atoms with Crippen LogP contribution in [0.25, 0.3) is 0 Å². The standard InChI is InChI=1S/C16H18ClNOS/c1-19-12-5-4-11-3-2-8-16(18,14(11)9-12)10-13-6-7-15(17)20-13/h4-7,9H,2-3,8,10,18H2,1H3. The Balaban J connectivity index is 1.98. The lowest BCUT2D eigenvalue weighted by Gasteiger charge is -2.36. The molecule has 1 unspecified atom stereocenters. The number of halogens is 1. The smallest absolute Gasteiger partial charge is 0.119 e. The molecule has 0 fully saturated rings. The van der Waals surface area contributed by atoms with Gasteiger partial charge in [-0.1, -0.05) is 17.7 Å². The Labute approximate surface area is 128 Å². The molecule has 1 aliphatic carbocycles. The molecule has 0 bridgehead atoms. The molecule has 0 spiro atoms. The number of hydrogen-bond donors (Lipinski definition) is 1. The minimum atomic E-state index is -0.309. The molecule has 1 aliphatic rings. The largest absolute Gasteiger partial charge is 0.497 e. The van der Waals surface area contributed by atoms with Crippen LogP contribution in [0.15, 0.2) is 30.3 Å². The van der Waals surface area contributed by atoms with E-state index in [2.05, 4.69) is 18.2 Å². The summed E-state index contributed by atoms with van der Waals surface area (Å²) in [7, 11) is 1.70. The average Bonchev–Trinajstić information content (AvgIpc) is 2.84. The highest BCUT2D eigenvalue weighted by Gasteiger charge is 2.33. The van der Waals surface area contributed by atoms with Gasteiger partial charge in [-0.3, -0.25) is 0 Å². The van der Waals surface area contributed by atoms with Crippen LogP contribution in [-0.4, -0.2) is 7.11 Å². The third kappa shape index (κ3) is 2.58. The van der Waals surface area contributed by atoms with Crippen molar-refractivity contribution < 1.29 is 4.74 Å². The molecule has 4 heteroatoms.